The fraction of sp³-hybridized carbons (Fsp3) is 0.278. The molecule has 4 aromatic carbocycles. The molecule has 6 nitrogen and oxygen atoms in total. The van der Waals surface area contributed by atoms with Crippen LogP contribution in [0.3, 0.4) is 0 Å². The van der Waals surface area contributed by atoms with Crippen LogP contribution in [0.15, 0.2) is 103 Å². The predicted octanol–water partition coefficient (Wildman–Crippen LogP) is 5.73. The van der Waals surface area contributed by atoms with Crippen molar-refractivity contribution in [3.8, 4) is 0 Å². The largest absolute Gasteiger partial charge is 0.392 e. The first kappa shape index (κ1) is 30.9. The molecular formula is C36H38IN3O3. The fourth-order valence-electron chi connectivity index (χ4n) is 6.17. The summed E-state index contributed by atoms with van der Waals surface area (Å²) < 4.78 is 1.07. The predicted molar refractivity (Wildman–Crippen MR) is 179 cm³/mol. The van der Waals surface area contributed by atoms with E-state index in [1.54, 1.807) is 0 Å². The monoisotopic (exact) mass is 687 g/mol. The maximum Gasteiger partial charge on any atom is 0.255 e. The first-order valence-corrected chi connectivity index (χ1v) is 15.7. The van der Waals surface area contributed by atoms with Crippen LogP contribution >= 0.6 is 22.6 Å². The molecule has 0 bridgehead atoms. The van der Waals surface area contributed by atoms with Crippen LogP contribution in [0.25, 0.3) is 0 Å². The second kappa shape index (κ2) is 13.8. The summed E-state index contributed by atoms with van der Waals surface area (Å²) in [6.45, 7) is 1.64. The number of hydrogen-bond acceptors (Lipinski definition) is 4. The normalized spacial score (nSPS) is 18.0. The second-order valence-electron chi connectivity index (χ2n) is 11.4. The molecule has 1 heterocycles. The Morgan fingerprint density at radius 3 is 2.28 bits per heavy atom. The highest BCUT2D eigenvalue weighted by Crippen LogP contribution is 2.50. The third-order valence-electron chi connectivity index (χ3n) is 8.25. The average Bonchev–Trinajstić information content (AvgIpc) is 3.03. The highest BCUT2D eigenvalue weighted by atomic mass is 127. The minimum Gasteiger partial charge on any atom is -0.392 e. The summed E-state index contributed by atoms with van der Waals surface area (Å²) >= 11 is 2.34. The van der Waals surface area contributed by atoms with E-state index in [-0.39, 0.29) is 18.4 Å². The molecule has 4 aromatic rings. The number of aliphatic hydroxyl groups is 1. The zero-order valence-electron chi connectivity index (χ0n) is 24.7. The molecule has 0 saturated heterocycles. The van der Waals surface area contributed by atoms with Gasteiger partial charge in [0, 0.05) is 22.2 Å². The Balaban J connectivity index is 1.75. The number of rotatable bonds is 11. The molecule has 0 spiro atoms. The Kier molecular flexibility index (Phi) is 9.95. The van der Waals surface area contributed by atoms with Crippen molar-refractivity contribution in [2.75, 3.05) is 27.2 Å². The van der Waals surface area contributed by atoms with Crippen LogP contribution in [-0.4, -0.2) is 53.9 Å². The fourth-order valence-corrected chi connectivity index (χ4v) is 6.75. The van der Waals surface area contributed by atoms with Gasteiger partial charge in [-0.2, -0.15) is 0 Å². The van der Waals surface area contributed by atoms with Gasteiger partial charge in [0.1, 0.15) is 5.41 Å². The van der Waals surface area contributed by atoms with Gasteiger partial charge in [0.2, 0.25) is 5.91 Å². The van der Waals surface area contributed by atoms with E-state index in [9.17, 15) is 14.7 Å². The van der Waals surface area contributed by atoms with Crippen LogP contribution in [-0.2, 0) is 29.8 Å². The van der Waals surface area contributed by atoms with Crippen molar-refractivity contribution < 1.29 is 14.7 Å². The molecule has 1 aliphatic heterocycles. The van der Waals surface area contributed by atoms with E-state index in [4.69, 9.17) is 0 Å². The Bertz CT molecular complexity index is 1560. The van der Waals surface area contributed by atoms with Gasteiger partial charge in [-0.1, -0.05) is 91.0 Å². The Labute approximate surface area is 267 Å². The van der Waals surface area contributed by atoms with Crippen molar-refractivity contribution in [3.05, 3.63) is 140 Å². The summed E-state index contributed by atoms with van der Waals surface area (Å²) in [6.07, 6.45) is 1.22. The number of nitrogens with zero attached hydrogens (tertiary/aromatic N) is 2. The molecule has 1 aliphatic rings. The maximum absolute atomic E-state index is 14.9. The third kappa shape index (κ3) is 6.54. The molecule has 2 amide bonds. The minimum atomic E-state index is -1.13. The van der Waals surface area contributed by atoms with Crippen molar-refractivity contribution in [1.29, 1.82) is 0 Å². The van der Waals surface area contributed by atoms with Gasteiger partial charge in [-0.05, 0) is 96.0 Å². The van der Waals surface area contributed by atoms with Crippen LogP contribution < -0.4 is 5.32 Å². The molecule has 0 unspecified atom stereocenters. The standard InChI is InChI=1S/C36H38IN3O3/c1-39(2)22-10-21-38-35(43)36(23-29-13-6-9-16-32(29)37)31-15-8-7-14-30(31)34(42)40(24-26-11-4-3-5-12-26)33(36)28-19-17-27(25-41)18-20-28/h3-9,11-20,33,41H,10,21-25H2,1-2H3,(H,38,43)/t33-,36-/m0/s1. The van der Waals surface area contributed by atoms with Gasteiger partial charge in [-0.15, -0.1) is 0 Å². The SMILES string of the molecule is CN(C)CCCNC(=O)[C@@]1(Cc2ccccc2I)c2ccccc2C(=O)N(Cc2ccccc2)[C@H]1c1ccc(CO)cc1. The molecule has 0 radical (unpaired) electrons. The molecule has 222 valence electrons. The van der Waals surface area contributed by atoms with Crippen molar-refractivity contribution in [1.82, 2.24) is 15.1 Å². The van der Waals surface area contributed by atoms with Crippen LogP contribution in [0.5, 0.6) is 0 Å². The minimum absolute atomic E-state index is 0.0832. The highest BCUT2D eigenvalue weighted by molar-refractivity contribution is 14.1. The smallest absolute Gasteiger partial charge is 0.255 e. The molecule has 0 saturated carbocycles. The first-order valence-electron chi connectivity index (χ1n) is 14.7. The van der Waals surface area contributed by atoms with Gasteiger partial charge in [0.25, 0.3) is 5.91 Å². The molecule has 2 atom stereocenters. The number of halogens is 1. The number of carbonyl (C=O) groups excluding carboxylic acids is 2. The van der Waals surface area contributed by atoms with E-state index in [0.717, 1.165) is 44.4 Å². The van der Waals surface area contributed by atoms with E-state index >= 15 is 0 Å². The summed E-state index contributed by atoms with van der Waals surface area (Å²) in [7, 11) is 4.05. The van der Waals surface area contributed by atoms with Crippen LogP contribution in [0.4, 0.5) is 0 Å². The quantitative estimate of drug-likeness (QED) is 0.156. The van der Waals surface area contributed by atoms with E-state index in [2.05, 4.69) is 44.9 Å². The molecule has 2 N–H and O–H groups in total. The van der Waals surface area contributed by atoms with Crippen molar-refractivity contribution >= 4 is 34.4 Å². The number of nitrogens with one attached hydrogen (secondary N) is 1. The van der Waals surface area contributed by atoms with Crippen LogP contribution in [0.2, 0.25) is 0 Å². The van der Waals surface area contributed by atoms with Crippen molar-refractivity contribution in [3.63, 3.8) is 0 Å². The summed E-state index contributed by atoms with van der Waals surface area (Å²) in [5.41, 5.74) is 3.83. The van der Waals surface area contributed by atoms with Crippen LogP contribution in [0.1, 0.15) is 50.6 Å². The van der Waals surface area contributed by atoms with Crippen molar-refractivity contribution in [2.45, 2.75) is 37.5 Å². The van der Waals surface area contributed by atoms with E-state index in [1.807, 2.05) is 110 Å². The first-order chi connectivity index (χ1) is 20.8. The molecule has 0 fully saturated rings. The topological polar surface area (TPSA) is 72.9 Å². The number of hydrogen-bond donors (Lipinski definition) is 2. The lowest BCUT2D eigenvalue weighted by Crippen LogP contribution is -2.59. The molecular weight excluding hydrogens is 649 g/mol. The summed E-state index contributed by atoms with van der Waals surface area (Å²) in [5, 5.41) is 13.1. The second-order valence-corrected chi connectivity index (χ2v) is 12.6. The highest BCUT2D eigenvalue weighted by Gasteiger charge is 2.56. The summed E-state index contributed by atoms with van der Waals surface area (Å²) in [4.78, 5) is 33.4. The number of benzene rings is 4. The van der Waals surface area contributed by atoms with E-state index in [1.165, 1.54) is 0 Å². The lowest BCUT2D eigenvalue weighted by molar-refractivity contribution is -0.130. The lowest BCUT2D eigenvalue weighted by Gasteiger charge is -2.50. The summed E-state index contributed by atoms with van der Waals surface area (Å²) in [6, 6.07) is 32.8. The third-order valence-corrected chi connectivity index (χ3v) is 9.30. The van der Waals surface area contributed by atoms with Gasteiger partial charge in [-0.25, -0.2) is 0 Å². The van der Waals surface area contributed by atoms with E-state index in [0.29, 0.717) is 25.1 Å². The van der Waals surface area contributed by atoms with Crippen LogP contribution in [0, 0.1) is 3.57 Å². The molecule has 43 heavy (non-hydrogen) atoms. The molecule has 0 aliphatic carbocycles. The number of amides is 2. The van der Waals surface area contributed by atoms with E-state index < -0.39 is 11.5 Å². The molecule has 5 rings (SSSR count). The lowest BCUT2D eigenvalue weighted by atomic mass is 9.63. The number of carbonyl (C=O) groups is 2. The molecule has 0 aromatic heterocycles. The summed E-state index contributed by atoms with van der Waals surface area (Å²) in [5.74, 6) is -0.199. The molecule has 7 heteroatoms. The zero-order valence-corrected chi connectivity index (χ0v) is 26.8. The Morgan fingerprint density at radius 2 is 1.58 bits per heavy atom. The number of aliphatic hydroxyl groups excluding tert-OH is 1. The zero-order chi connectivity index (χ0) is 30.4. The van der Waals surface area contributed by atoms with Gasteiger partial charge in [-0.3, -0.25) is 9.59 Å². The van der Waals surface area contributed by atoms with Gasteiger partial charge in [0.05, 0.1) is 12.6 Å². The van der Waals surface area contributed by atoms with Crippen molar-refractivity contribution in [2.24, 2.45) is 0 Å². The Hall–Kier alpha value is -3.53. The average molecular weight is 688 g/mol. The van der Waals surface area contributed by atoms with Gasteiger partial charge < -0.3 is 20.2 Å². The van der Waals surface area contributed by atoms with Gasteiger partial charge >= 0.3 is 0 Å². The number of fused-ring (bicyclic) bond motifs is 1. The Morgan fingerprint density at radius 1 is 0.907 bits per heavy atom. The van der Waals surface area contributed by atoms with Gasteiger partial charge in [0.15, 0.2) is 0 Å². The maximum atomic E-state index is 14.9.